The highest BCUT2D eigenvalue weighted by atomic mass is 32.2. The molecular formula is C15H21N5O2S. The second-order valence-electron chi connectivity index (χ2n) is 4.94. The number of sulfonamides is 1. The molecule has 0 radical (unpaired) electrons. The van der Waals surface area contributed by atoms with Gasteiger partial charge in [0.05, 0.1) is 17.1 Å². The SMILES string of the molecule is CCc1nnc(Nc2ccc(NS(=O)(=O)CC)cc2)nc1CC. The molecule has 0 saturated carbocycles. The van der Waals surface area contributed by atoms with Crippen molar-refractivity contribution < 1.29 is 8.42 Å². The standard InChI is InChI=1S/C15H21N5O2S/c1-4-13-14(5-2)18-19-15(17-13)16-11-7-9-12(10-8-11)20-23(21,22)6-3/h7-10,20H,4-6H2,1-3H3,(H,16,17,19). The first-order valence-corrected chi connectivity index (χ1v) is 9.22. The summed E-state index contributed by atoms with van der Waals surface area (Å²) in [6.07, 6.45) is 1.60. The maximum Gasteiger partial charge on any atom is 0.247 e. The number of anilines is 3. The molecule has 0 aliphatic carbocycles. The summed E-state index contributed by atoms with van der Waals surface area (Å²) >= 11 is 0. The Morgan fingerprint density at radius 2 is 1.52 bits per heavy atom. The zero-order chi connectivity index (χ0) is 16.9. The first-order valence-electron chi connectivity index (χ1n) is 7.57. The Balaban J connectivity index is 2.12. The molecule has 0 fully saturated rings. The third-order valence-electron chi connectivity index (χ3n) is 3.30. The van der Waals surface area contributed by atoms with Crippen LogP contribution < -0.4 is 10.0 Å². The van der Waals surface area contributed by atoms with Crippen molar-refractivity contribution >= 4 is 27.3 Å². The molecule has 7 nitrogen and oxygen atoms in total. The van der Waals surface area contributed by atoms with Crippen molar-refractivity contribution in [2.45, 2.75) is 33.6 Å². The Bertz CT molecular complexity index is 760. The van der Waals surface area contributed by atoms with Crippen molar-refractivity contribution in [2.24, 2.45) is 0 Å². The molecule has 124 valence electrons. The van der Waals surface area contributed by atoms with E-state index in [1.807, 2.05) is 13.8 Å². The second-order valence-corrected chi connectivity index (χ2v) is 6.95. The van der Waals surface area contributed by atoms with Crippen LogP contribution in [0.15, 0.2) is 24.3 Å². The van der Waals surface area contributed by atoms with Gasteiger partial charge < -0.3 is 5.32 Å². The van der Waals surface area contributed by atoms with Crippen LogP contribution in [0.3, 0.4) is 0 Å². The smallest absolute Gasteiger partial charge is 0.247 e. The highest BCUT2D eigenvalue weighted by Crippen LogP contribution is 2.18. The van der Waals surface area contributed by atoms with Gasteiger partial charge in [0, 0.05) is 11.4 Å². The minimum Gasteiger partial charge on any atom is -0.323 e. The Morgan fingerprint density at radius 3 is 2.09 bits per heavy atom. The Morgan fingerprint density at radius 1 is 0.913 bits per heavy atom. The molecule has 0 atom stereocenters. The van der Waals surface area contributed by atoms with Gasteiger partial charge in [0.1, 0.15) is 0 Å². The average Bonchev–Trinajstić information content (AvgIpc) is 2.56. The maximum absolute atomic E-state index is 11.5. The second kappa shape index (κ2) is 7.36. The Kier molecular flexibility index (Phi) is 5.49. The topological polar surface area (TPSA) is 96.9 Å². The third kappa shape index (κ3) is 4.62. The van der Waals surface area contributed by atoms with Gasteiger partial charge in [-0.3, -0.25) is 4.72 Å². The molecule has 0 saturated heterocycles. The maximum atomic E-state index is 11.5. The zero-order valence-electron chi connectivity index (χ0n) is 13.5. The van der Waals surface area contributed by atoms with Gasteiger partial charge in [-0.2, -0.15) is 0 Å². The summed E-state index contributed by atoms with van der Waals surface area (Å²) in [4.78, 5) is 4.46. The number of hydrogen-bond donors (Lipinski definition) is 2. The number of hydrogen-bond acceptors (Lipinski definition) is 6. The predicted molar refractivity (Wildman–Crippen MR) is 91.4 cm³/mol. The molecule has 2 N–H and O–H groups in total. The molecule has 23 heavy (non-hydrogen) atoms. The van der Waals surface area contributed by atoms with Crippen LogP contribution in [0.4, 0.5) is 17.3 Å². The van der Waals surface area contributed by atoms with Gasteiger partial charge in [0.2, 0.25) is 16.0 Å². The monoisotopic (exact) mass is 335 g/mol. The van der Waals surface area contributed by atoms with Gasteiger partial charge in [-0.15, -0.1) is 10.2 Å². The molecule has 1 heterocycles. The summed E-state index contributed by atoms with van der Waals surface area (Å²) in [5, 5.41) is 11.3. The quantitative estimate of drug-likeness (QED) is 0.807. The first-order chi connectivity index (χ1) is 11.0. The van der Waals surface area contributed by atoms with Gasteiger partial charge in [-0.05, 0) is 44.0 Å². The summed E-state index contributed by atoms with van der Waals surface area (Å²) in [5.41, 5.74) is 3.12. The summed E-state index contributed by atoms with van der Waals surface area (Å²) in [5.74, 6) is 0.469. The van der Waals surface area contributed by atoms with Crippen molar-refractivity contribution in [3.8, 4) is 0 Å². The zero-order valence-corrected chi connectivity index (χ0v) is 14.3. The number of nitrogens with one attached hydrogen (secondary N) is 2. The lowest BCUT2D eigenvalue weighted by Crippen LogP contribution is -2.14. The lowest BCUT2D eigenvalue weighted by Gasteiger charge is -2.09. The summed E-state index contributed by atoms with van der Waals surface area (Å²) in [7, 11) is -3.27. The van der Waals surface area contributed by atoms with Crippen molar-refractivity contribution in [1.29, 1.82) is 0 Å². The largest absolute Gasteiger partial charge is 0.323 e. The van der Waals surface area contributed by atoms with Crippen LogP contribution in [0.25, 0.3) is 0 Å². The summed E-state index contributed by atoms with van der Waals surface area (Å²) in [6, 6.07) is 6.89. The molecule has 1 aromatic carbocycles. The lowest BCUT2D eigenvalue weighted by atomic mass is 10.2. The minimum absolute atomic E-state index is 0.0378. The van der Waals surface area contributed by atoms with Crippen LogP contribution in [-0.2, 0) is 22.9 Å². The van der Waals surface area contributed by atoms with Crippen LogP contribution >= 0.6 is 0 Å². The molecule has 2 rings (SSSR count). The van der Waals surface area contributed by atoms with E-state index in [1.165, 1.54) is 0 Å². The highest BCUT2D eigenvalue weighted by molar-refractivity contribution is 7.92. The molecule has 8 heteroatoms. The van der Waals surface area contributed by atoms with Crippen LogP contribution in [0.1, 0.15) is 32.2 Å². The number of nitrogens with zero attached hydrogens (tertiary/aromatic N) is 3. The van der Waals surface area contributed by atoms with Gasteiger partial charge in [0.25, 0.3) is 0 Å². The van der Waals surface area contributed by atoms with Crippen molar-refractivity contribution in [3.63, 3.8) is 0 Å². The molecular weight excluding hydrogens is 314 g/mol. The fourth-order valence-corrected chi connectivity index (χ4v) is 2.63. The van der Waals surface area contributed by atoms with E-state index in [2.05, 4.69) is 25.2 Å². The molecule has 0 bridgehead atoms. The van der Waals surface area contributed by atoms with Crippen LogP contribution in [0.2, 0.25) is 0 Å². The number of benzene rings is 1. The van der Waals surface area contributed by atoms with Gasteiger partial charge >= 0.3 is 0 Å². The average molecular weight is 335 g/mol. The predicted octanol–water partition coefficient (Wildman–Crippen LogP) is 2.50. The number of aryl methyl sites for hydroxylation is 2. The van der Waals surface area contributed by atoms with E-state index in [-0.39, 0.29) is 5.75 Å². The Labute approximate surface area is 136 Å². The first kappa shape index (κ1) is 17.1. The number of aromatic nitrogens is 3. The van der Waals surface area contributed by atoms with Gasteiger partial charge in [0.15, 0.2) is 0 Å². The lowest BCUT2D eigenvalue weighted by molar-refractivity contribution is 0.602. The Hall–Kier alpha value is -2.22. The van der Waals surface area contributed by atoms with Crippen molar-refractivity contribution in [3.05, 3.63) is 35.7 Å². The van der Waals surface area contributed by atoms with E-state index in [4.69, 9.17) is 0 Å². The minimum atomic E-state index is -3.27. The molecule has 0 amide bonds. The molecule has 0 aliphatic heterocycles. The van der Waals surface area contributed by atoms with Crippen LogP contribution in [0.5, 0.6) is 0 Å². The van der Waals surface area contributed by atoms with E-state index in [0.717, 1.165) is 29.9 Å². The molecule has 0 aliphatic rings. The number of rotatable bonds is 7. The molecule has 0 spiro atoms. The fraction of sp³-hybridized carbons (Fsp3) is 0.400. The third-order valence-corrected chi connectivity index (χ3v) is 4.61. The van der Waals surface area contributed by atoms with E-state index < -0.39 is 10.0 Å². The van der Waals surface area contributed by atoms with Crippen LogP contribution in [0, 0.1) is 0 Å². The van der Waals surface area contributed by atoms with Crippen LogP contribution in [-0.4, -0.2) is 29.4 Å². The molecule has 1 aromatic heterocycles. The van der Waals surface area contributed by atoms with E-state index >= 15 is 0 Å². The normalized spacial score (nSPS) is 11.3. The van der Waals surface area contributed by atoms with E-state index in [1.54, 1.807) is 31.2 Å². The summed E-state index contributed by atoms with van der Waals surface area (Å²) in [6.45, 7) is 5.64. The van der Waals surface area contributed by atoms with E-state index in [9.17, 15) is 8.42 Å². The molecule has 0 unspecified atom stereocenters. The fourth-order valence-electron chi connectivity index (χ4n) is 1.99. The van der Waals surface area contributed by atoms with Crippen molar-refractivity contribution in [1.82, 2.24) is 15.2 Å². The van der Waals surface area contributed by atoms with E-state index in [0.29, 0.717) is 11.6 Å². The highest BCUT2D eigenvalue weighted by Gasteiger charge is 2.08. The van der Waals surface area contributed by atoms with Gasteiger partial charge in [-0.25, -0.2) is 13.4 Å². The molecule has 2 aromatic rings. The van der Waals surface area contributed by atoms with Crippen molar-refractivity contribution in [2.75, 3.05) is 15.8 Å². The van der Waals surface area contributed by atoms with Gasteiger partial charge in [-0.1, -0.05) is 13.8 Å². The summed E-state index contributed by atoms with van der Waals surface area (Å²) < 4.78 is 25.5.